The number of ether oxygens (including phenoxy) is 1. The van der Waals surface area contributed by atoms with Crippen molar-refractivity contribution in [2.75, 3.05) is 12.4 Å². The molecule has 3 rings (SSSR count). The Kier molecular flexibility index (Phi) is 5.14. The molecule has 1 amide bonds. The Labute approximate surface area is 146 Å². The van der Waals surface area contributed by atoms with E-state index in [-0.39, 0.29) is 12.3 Å². The summed E-state index contributed by atoms with van der Waals surface area (Å²) in [5, 5.41) is 6.85. The van der Waals surface area contributed by atoms with Gasteiger partial charge in [0.05, 0.1) is 19.2 Å². The second-order valence-corrected chi connectivity index (χ2v) is 5.69. The van der Waals surface area contributed by atoms with Crippen molar-refractivity contribution in [3.8, 4) is 17.1 Å². The summed E-state index contributed by atoms with van der Waals surface area (Å²) in [7, 11) is 1.62. The Bertz CT molecular complexity index is 836. The van der Waals surface area contributed by atoms with Crippen LogP contribution in [0.5, 0.6) is 5.75 Å². The molecule has 0 saturated heterocycles. The Morgan fingerprint density at radius 3 is 2.48 bits per heavy atom. The molecule has 0 saturated carbocycles. The highest BCUT2D eigenvalue weighted by atomic mass is 16.5. The van der Waals surface area contributed by atoms with Crippen molar-refractivity contribution in [2.24, 2.45) is 0 Å². The minimum atomic E-state index is -0.126. The SMILES string of the molecule is CCc1ccc(NC(=O)Cc2cc(-c3ccc(OC)cc3)on2)cc1. The van der Waals surface area contributed by atoms with E-state index >= 15 is 0 Å². The van der Waals surface area contributed by atoms with E-state index in [4.69, 9.17) is 9.26 Å². The normalized spacial score (nSPS) is 10.5. The molecule has 5 heteroatoms. The van der Waals surface area contributed by atoms with E-state index in [0.29, 0.717) is 11.5 Å². The zero-order valence-corrected chi connectivity index (χ0v) is 14.3. The predicted molar refractivity (Wildman–Crippen MR) is 96.6 cm³/mol. The highest BCUT2D eigenvalue weighted by Crippen LogP contribution is 2.23. The summed E-state index contributed by atoms with van der Waals surface area (Å²) in [6.07, 6.45) is 1.14. The molecular formula is C20H20N2O3. The first-order valence-corrected chi connectivity index (χ1v) is 8.16. The summed E-state index contributed by atoms with van der Waals surface area (Å²) < 4.78 is 10.5. The number of hydrogen-bond donors (Lipinski definition) is 1. The zero-order chi connectivity index (χ0) is 17.6. The van der Waals surface area contributed by atoms with Crippen molar-refractivity contribution in [1.29, 1.82) is 0 Å². The lowest BCUT2D eigenvalue weighted by Gasteiger charge is -2.04. The third-order valence-corrected chi connectivity index (χ3v) is 3.92. The number of amides is 1. The zero-order valence-electron chi connectivity index (χ0n) is 14.3. The number of methoxy groups -OCH3 is 1. The fraction of sp³-hybridized carbons (Fsp3) is 0.200. The fourth-order valence-corrected chi connectivity index (χ4v) is 2.48. The molecular weight excluding hydrogens is 316 g/mol. The van der Waals surface area contributed by atoms with Crippen LogP contribution in [0.1, 0.15) is 18.2 Å². The fourth-order valence-electron chi connectivity index (χ4n) is 2.48. The number of aromatic nitrogens is 1. The first-order chi connectivity index (χ1) is 12.2. The first-order valence-electron chi connectivity index (χ1n) is 8.16. The quantitative estimate of drug-likeness (QED) is 0.736. The minimum absolute atomic E-state index is 0.126. The van der Waals surface area contributed by atoms with E-state index < -0.39 is 0 Å². The van der Waals surface area contributed by atoms with Crippen LogP contribution >= 0.6 is 0 Å². The number of nitrogens with zero attached hydrogens (tertiary/aromatic N) is 1. The van der Waals surface area contributed by atoms with Gasteiger partial charge >= 0.3 is 0 Å². The van der Waals surface area contributed by atoms with Crippen LogP contribution in [-0.4, -0.2) is 18.2 Å². The minimum Gasteiger partial charge on any atom is -0.497 e. The summed E-state index contributed by atoms with van der Waals surface area (Å²) in [6, 6.07) is 17.1. The van der Waals surface area contributed by atoms with E-state index in [0.717, 1.165) is 23.4 Å². The van der Waals surface area contributed by atoms with Gasteiger partial charge in [-0.15, -0.1) is 0 Å². The van der Waals surface area contributed by atoms with Gasteiger partial charge in [-0.3, -0.25) is 4.79 Å². The van der Waals surface area contributed by atoms with E-state index in [9.17, 15) is 4.79 Å². The lowest BCUT2D eigenvalue weighted by atomic mass is 10.1. The summed E-state index contributed by atoms with van der Waals surface area (Å²) in [6.45, 7) is 2.10. The van der Waals surface area contributed by atoms with E-state index in [1.807, 2.05) is 48.5 Å². The van der Waals surface area contributed by atoms with Gasteiger partial charge in [0.1, 0.15) is 5.75 Å². The molecule has 0 aliphatic carbocycles. The maximum absolute atomic E-state index is 12.2. The third kappa shape index (κ3) is 4.26. The smallest absolute Gasteiger partial charge is 0.230 e. The Morgan fingerprint density at radius 1 is 1.12 bits per heavy atom. The van der Waals surface area contributed by atoms with E-state index in [1.54, 1.807) is 13.2 Å². The second-order valence-electron chi connectivity index (χ2n) is 5.69. The Hall–Kier alpha value is -3.08. The number of hydrogen-bond acceptors (Lipinski definition) is 4. The number of anilines is 1. The van der Waals surface area contributed by atoms with Crippen LogP contribution in [0.2, 0.25) is 0 Å². The summed E-state index contributed by atoms with van der Waals surface area (Å²) >= 11 is 0. The van der Waals surface area contributed by atoms with Gasteiger partial charge in [-0.1, -0.05) is 24.2 Å². The first kappa shape index (κ1) is 16.8. The van der Waals surface area contributed by atoms with Crippen molar-refractivity contribution in [3.63, 3.8) is 0 Å². The van der Waals surface area contributed by atoms with Crippen LogP contribution in [0, 0.1) is 0 Å². The van der Waals surface area contributed by atoms with Crippen molar-refractivity contribution >= 4 is 11.6 Å². The van der Waals surface area contributed by atoms with Crippen molar-refractivity contribution < 1.29 is 14.1 Å². The Balaban J connectivity index is 1.62. The van der Waals surface area contributed by atoms with Gasteiger partial charge in [-0.05, 0) is 48.4 Å². The number of nitrogens with one attached hydrogen (secondary N) is 1. The molecule has 0 radical (unpaired) electrons. The number of carbonyl (C=O) groups excluding carboxylic acids is 1. The average molecular weight is 336 g/mol. The highest BCUT2D eigenvalue weighted by Gasteiger charge is 2.11. The number of benzene rings is 2. The highest BCUT2D eigenvalue weighted by molar-refractivity contribution is 5.92. The van der Waals surface area contributed by atoms with Crippen LogP contribution < -0.4 is 10.1 Å². The molecule has 0 aliphatic rings. The molecule has 0 spiro atoms. The molecule has 0 fully saturated rings. The van der Waals surface area contributed by atoms with Crippen LogP contribution in [0.15, 0.2) is 59.1 Å². The van der Waals surface area contributed by atoms with Crippen molar-refractivity contribution in [1.82, 2.24) is 5.16 Å². The maximum Gasteiger partial charge on any atom is 0.230 e. The van der Waals surface area contributed by atoms with Crippen LogP contribution in [0.25, 0.3) is 11.3 Å². The van der Waals surface area contributed by atoms with Gasteiger partial charge in [0.25, 0.3) is 0 Å². The molecule has 0 unspecified atom stereocenters. The topological polar surface area (TPSA) is 64.4 Å². The Morgan fingerprint density at radius 2 is 1.84 bits per heavy atom. The molecule has 25 heavy (non-hydrogen) atoms. The monoisotopic (exact) mass is 336 g/mol. The molecule has 0 atom stereocenters. The number of carbonyl (C=O) groups is 1. The molecule has 2 aromatic carbocycles. The molecule has 0 bridgehead atoms. The maximum atomic E-state index is 12.2. The summed E-state index contributed by atoms with van der Waals surface area (Å²) in [5.41, 5.74) is 3.49. The molecule has 5 nitrogen and oxygen atoms in total. The molecule has 128 valence electrons. The number of rotatable bonds is 6. The molecule has 1 aromatic heterocycles. The van der Waals surface area contributed by atoms with Gasteiger partial charge in [-0.2, -0.15) is 0 Å². The van der Waals surface area contributed by atoms with E-state index in [1.165, 1.54) is 5.56 Å². The van der Waals surface area contributed by atoms with Crippen LogP contribution in [-0.2, 0) is 17.6 Å². The van der Waals surface area contributed by atoms with Gasteiger partial charge < -0.3 is 14.6 Å². The van der Waals surface area contributed by atoms with Crippen LogP contribution in [0.4, 0.5) is 5.69 Å². The number of aryl methyl sites for hydroxylation is 1. The third-order valence-electron chi connectivity index (χ3n) is 3.92. The molecule has 1 N–H and O–H groups in total. The van der Waals surface area contributed by atoms with Crippen LogP contribution in [0.3, 0.4) is 0 Å². The van der Waals surface area contributed by atoms with Crippen molar-refractivity contribution in [2.45, 2.75) is 19.8 Å². The lowest BCUT2D eigenvalue weighted by molar-refractivity contribution is -0.115. The predicted octanol–water partition coefficient (Wildman–Crippen LogP) is 4.09. The van der Waals surface area contributed by atoms with Crippen molar-refractivity contribution in [3.05, 3.63) is 65.9 Å². The van der Waals surface area contributed by atoms with Gasteiger partial charge in [0, 0.05) is 17.3 Å². The summed E-state index contributed by atoms with van der Waals surface area (Å²) in [5.74, 6) is 1.27. The standard InChI is InChI=1S/C20H20N2O3/c1-3-14-4-8-16(9-5-14)21-20(23)13-17-12-19(25-22-17)15-6-10-18(24-2)11-7-15/h4-12H,3,13H2,1-2H3,(H,21,23). The summed E-state index contributed by atoms with van der Waals surface area (Å²) in [4.78, 5) is 12.2. The van der Waals surface area contributed by atoms with Gasteiger partial charge in [0.2, 0.25) is 5.91 Å². The second kappa shape index (κ2) is 7.66. The average Bonchev–Trinajstić information content (AvgIpc) is 3.10. The van der Waals surface area contributed by atoms with Gasteiger partial charge in [0.15, 0.2) is 5.76 Å². The molecule has 3 aromatic rings. The molecule has 1 heterocycles. The van der Waals surface area contributed by atoms with E-state index in [2.05, 4.69) is 17.4 Å². The van der Waals surface area contributed by atoms with Gasteiger partial charge in [-0.25, -0.2) is 0 Å². The lowest BCUT2D eigenvalue weighted by Crippen LogP contribution is -2.14. The largest absolute Gasteiger partial charge is 0.497 e. The molecule has 0 aliphatic heterocycles.